The maximum atomic E-state index is 12.9. The minimum absolute atomic E-state index is 0.264. The molecular formula is C7H12FNO2. The second kappa shape index (κ2) is 3.67. The fourth-order valence-electron chi connectivity index (χ4n) is 1.24. The Morgan fingerprint density at radius 1 is 1.73 bits per heavy atom. The molecule has 0 aromatic rings. The van der Waals surface area contributed by atoms with E-state index in [0.717, 1.165) is 0 Å². The zero-order chi connectivity index (χ0) is 8.27. The number of rotatable bonds is 1. The third-order valence-corrected chi connectivity index (χ3v) is 1.91. The van der Waals surface area contributed by atoms with Crippen LogP contribution in [-0.2, 0) is 9.53 Å². The number of esters is 1. The van der Waals surface area contributed by atoms with E-state index in [2.05, 4.69) is 10.1 Å². The first-order valence-electron chi connectivity index (χ1n) is 3.68. The van der Waals surface area contributed by atoms with E-state index in [0.29, 0.717) is 13.0 Å². The van der Waals surface area contributed by atoms with Gasteiger partial charge in [-0.3, -0.25) is 4.79 Å². The van der Waals surface area contributed by atoms with E-state index in [1.807, 2.05) is 0 Å². The van der Waals surface area contributed by atoms with Gasteiger partial charge in [0.2, 0.25) is 0 Å². The Labute approximate surface area is 64.9 Å². The van der Waals surface area contributed by atoms with E-state index in [1.54, 1.807) is 0 Å². The number of methoxy groups -OCH3 is 1. The SMILES string of the molecule is COC(=O)C1CCNCC1F. The number of carbonyl (C=O) groups excluding carboxylic acids is 1. The number of carbonyl (C=O) groups is 1. The van der Waals surface area contributed by atoms with Gasteiger partial charge in [0.1, 0.15) is 6.17 Å². The van der Waals surface area contributed by atoms with E-state index in [-0.39, 0.29) is 6.54 Å². The lowest BCUT2D eigenvalue weighted by Crippen LogP contribution is -2.42. The summed E-state index contributed by atoms with van der Waals surface area (Å²) >= 11 is 0. The van der Waals surface area contributed by atoms with Crippen LogP contribution in [0.3, 0.4) is 0 Å². The van der Waals surface area contributed by atoms with Crippen molar-refractivity contribution in [1.82, 2.24) is 5.32 Å². The second-order valence-electron chi connectivity index (χ2n) is 2.64. The average molecular weight is 161 g/mol. The highest BCUT2D eigenvalue weighted by Crippen LogP contribution is 2.16. The quantitative estimate of drug-likeness (QED) is 0.554. The first kappa shape index (κ1) is 8.46. The van der Waals surface area contributed by atoms with Crippen LogP contribution in [0.25, 0.3) is 0 Å². The Kier molecular flexibility index (Phi) is 2.82. The Hall–Kier alpha value is -0.640. The third-order valence-electron chi connectivity index (χ3n) is 1.91. The molecule has 11 heavy (non-hydrogen) atoms. The summed E-state index contributed by atoms with van der Waals surface area (Å²) in [6, 6.07) is 0. The molecule has 1 saturated heterocycles. The number of alkyl halides is 1. The topological polar surface area (TPSA) is 38.3 Å². The minimum Gasteiger partial charge on any atom is -0.469 e. The number of piperidine rings is 1. The van der Waals surface area contributed by atoms with Crippen molar-refractivity contribution in [2.24, 2.45) is 5.92 Å². The lowest BCUT2D eigenvalue weighted by Gasteiger charge is -2.24. The zero-order valence-electron chi connectivity index (χ0n) is 6.47. The monoisotopic (exact) mass is 161 g/mol. The first-order chi connectivity index (χ1) is 5.25. The Morgan fingerprint density at radius 2 is 2.45 bits per heavy atom. The van der Waals surface area contributed by atoms with E-state index in [4.69, 9.17) is 0 Å². The van der Waals surface area contributed by atoms with Gasteiger partial charge in [-0.05, 0) is 13.0 Å². The highest BCUT2D eigenvalue weighted by atomic mass is 19.1. The summed E-state index contributed by atoms with van der Waals surface area (Å²) in [5.74, 6) is -0.986. The normalized spacial score (nSPS) is 31.5. The van der Waals surface area contributed by atoms with Gasteiger partial charge in [-0.25, -0.2) is 4.39 Å². The Morgan fingerprint density at radius 3 is 3.00 bits per heavy atom. The summed E-state index contributed by atoms with van der Waals surface area (Å²) in [7, 11) is 1.29. The summed E-state index contributed by atoms with van der Waals surface area (Å²) in [6.07, 6.45) is -0.551. The lowest BCUT2D eigenvalue weighted by atomic mass is 9.97. The molecule has 0 bridgehead atoms. The fourth-order valence-corrected chi connectivity index (χ4v) is 1.24. The third kappa shape index (κ3) is 1.89. The molecule has 1 heterocycles. The average Bonchev–Trinajstić information content (AvgIpc) is 2.04. The zero-order valence-corrected chi connectivity index (χ0v) is 6.47. The van der Waals surface area contributed by atoms with Crippen molar-refractivity contribution in [1.29, 1.82) is 0 Å². The number of hydrogen-bond donors (Lipinski definition) is 1. The van der Waals surface area contributed by atoms with Crippen molar-refractivity contribution in [3.8, 4) is 0 Å². The van der Waals surface area contributed by atoms with Crippen LogP contribution in [0.4, 0.5) is 4.39 Å². The van der Waals surface area contributed by atoms with Crippen molar-refractivity contribution in [3.05, 3.63) is 0 Å². The molecule has 1 aliphatic rings. The smallest absolute Gasteiger partial charge is 0.311 e. The second-order valence-corrected chi connectivity index (χ2v) is 2.64. The van der Waals surface area contributed by atoms with E-state index >= 15 is 0 Å². The molecule has 4 heteroatoms. The van der Waals surface area contributed by atoms with Gasteiger partial charge in [-0.1, -0.05) is 0 Å². The van der Waals surface area contributed by atoms with Crippen molar-refractivity contribution in [2.75, 3.05) is 20.2 Å². The van der Waals surface area contributed by atoms with Gasteiger partial charge in [-0.2, -0.15) is 0 Å². The number of nitrogens with one attached hydrogen (secondary N) is 1. The number of ether oxygens (including phenoxy) is 1. The highest BCUT2D eigenvalue weighted by molar-refractivity contribution is 5.73. The predicted molar refractivity (Wildman–Crippen MR) is 37.9 cm³/mol. The maximum Gasteiger partial charge on any atom is 0.311 e. The molecule has 0 spiro atoms. The molecule has 0 aliphatic carbocycles. The Bertz CT molecular complexity index is 151. The molecule has 1 N–H and O–H groups in total. The van der Waals surface area contributed by atoms with Gasteiger partial charge in [0.25, 0.3) is 0 Å². The van der Waals surface area contributed by atoms with Gasteiger partial charge in [0.15, 0.2) is 0 Å². The molecule has 3 nitrogen and oxygen atoms in total. The van der Waals surface area contributed by atoms with Crippen LogP contribution in [-0.4, -0.2) is 32.3 Å². The fraction of sp³-hybridized carbons (Fsp3) is 0.857. The molecule has 0 radical (unpaired) electrons. The van der Waals surface area contributed by atoms with Crippen LogP contribution in [0.5, 0.6) is 0 Å². The summed E-state index contributed by atoms with van der Waals surface area (Å²) < 4.78 is 17.4. The minimum atomic E-state index is -1.09. The van der Waals surface area contributed by atoms with Crippen LogP contribution in [0, 0.1) is 5.92 Å². The number of hydrogen-bond acceptors (Lipinski definition) is 3. The summed E-state index contributed by atoms with van der Waals surface area (Å²) in [5.41, 5.74) is 0. The van der Waals surface area contributed by atoms with Gasteiger partial charge in [-0.15, -0.1) is 0 Å². The Balaban J connectivity index is 2.47. The van der Waals surface area contributed by atoms with Crippen LogP contribution in [0.15, 0.2) is 0 Å². The van der Waals surface area contributed by atoms with E-state index in [1.165, 1.54) is 7.11 Å². The summed E-state index contributed by atoms with van der Waals surface area (Å²) in [6.45, 7) is 0.958. The molecule has 0 amide bonds. The van der Waals surface area contributed by atoms with Crippen LogP contribution in [0.1, 0.15) is 6.42 Å². The molecular weight excluding hydrogens is 149 g/mol. The molecule has 0 aromatic heterocycles. The molecule has 2 unspecified atom stereocenters. The molecule has 1 rings (SSSR count). The van der Waals surface area contributed by atoms with Crippen molar-refractivity contribution in [2.45, 2.75) is 12.6 Å². The highest BCUT2D eigenvalue weighted by Gasteiger charge is 2.31. The van der Waals surface area contributed by atoms with Crippen LogP contribution in [0.2, 0.25) is 0 Å². The first-order valence-corrected chi connectivity index (χ1v) is 3.68. The van der Waals surface area contributed by atoms with Crippen molar-refractivity contribution >= 4 is 5.97 Å². The van der Waals surface area contributed by atoms with Gasteiger partial charge in [0, 0.05) is 6.54 Å². The summed E-state index contributed by atoms with van der Waals surface area (Å²) in [5, 5.41) is 2.86. The number of halogens is 1. The maximum absolute atomic E-state index is 12.9. The molecule has 2 atom stereocenters. The largest absolute Gasteiger partial charge is 0.469 e. The van der Waals surface area contributed by atoms with E-state index in [9.17, 15) is 9.18 Å². The van der Waals surface area contributed by atoms with Crippen molar-refractivity contribution in [3.63, 3.8) is 0 Å². The standard InChI is InChI=1S/C7H12FNO2/c1-11-7(10)5-2-3-9-4-6(5)8/h5-6,9H,2-4H2,1H3. The molecule has 1 aliphatic heterocycles. The summed E-state index contributed by atoms with van der Waals surface area (Å²) in [4.78, 5) is 10.9. The molecule has 0 saturated carbocycles. The van der Waals surface area contributed by atoms with Gasteiger partial charge >= 0.3 is 5.97 Å². The van der Waals surface area contributed by atoms with E-state index < -0.39 is 18.1 Å². The lowest BCUT2D eigenvalue weighted by molar-refractivity contribution is -0.148. The molecule has 1 fully saturated rings. The molecule has 0 aromatic carbocycles. The predicted octanol–water partition coefficient (Wildman–Crippen LogP) is 0.107. The van der Waals surface area contributed by atoms with Gasteiger partial charge in [0.05, 0.1) is 13.0 Å². The van der Waals surface area contributed by atoms with Crippen LogP contribution >= 0.6 is 0 Å². The molecule has 64 valence electrons. The van der Waals surface area contributed by atoms with Crippen LogP contribution < -0.4 is 5.32 Å². The van der Waals surface area contributed by atoms with Gasteiger partial charge < -0.3 is 10.1 Å². The van der Waals surface area contributed by atoms with Crippen molar-refractivity contribution < 1.29 is 13.9 Å².